The van der Waals surface area contributed by atoms with Crippen molar-refractivity contribution in [3.8, 4) is 33.4 Å². The predicted molar refractivity (Wildman–Crippen MR) is 254 cm³/mol. The topological polar surface area (TPSA) is 3.24 Å². The van der Waals surface area contributed by atoms with Crippen LogP contribution in [0, 0.1) is 13.8 Å². The second-order valence-electron chi connectivity index (χ2n) is 16.2. The largest absolute Gasteiger partial charge is 0.310 e. The van der Waals surface area contributed by atoms with Crippen molar-refractivity contribution in [1.82, 2.24) is 0 Å². The van der Waals surface area contributed by atoms with Crippen LogP contribution in [0.25, 0.3) is 54.9 Å². The molecule has 0 unspecified atom stereocenters. The molecule has 1 heteroatoms. The minimum absolute atomic E-state index is 0.429. The number of aryl methyl sites for hydroxylation is 2. The van der Waals surface area contributed by atoms with E-state index in [2.05, 4.69) is 243 Å². The zero-order valence-electron chi connectivity index (χ0n) is 33.8. The van der Waals surface area contributed by atoms with Gasteiger partial charge in [-0.25, -0.2) is 0 Å². The molecule has 0 N–H and O–H groups in total. The number of fused-ring (bicyclic) bond motifs is 5. The van der Waals surface area contributed by atoms with Crippen molar-refractivity contribution < 1.29 is 0 Å². The van der Waals surface area contributed by atoms with Crippen LogP contribution >= 0.6 is 0 Å². The van der Waals surface area contributed by atoms with Crippen LogP contribution in [-0.4, -0.2) is 0 Å². The Morgan fingerprint density at radius 1 is 0.317 bits per heavy atom. The first-order chi connectivity index (χ1) is 29.6. The standard InChI is InChI=1S/C59H43N/c1-40-16-14-20-47(38-40)60(48-21-15-17-41(2)39-48)46-36-32-43(33-37-46)58-53-26-8-6-24-51(53)57(52-25-7-9-27-54(52)58)42-30-34-45(35-31-42)59(44-18-4-3-5-19-44)55-28-12-10-22-49(55)50-23-11-13-29-56(50)59/h3-39H,1-2H3. The summed E-state index contributed by atoms with van der Waals surface area (Å²) < 4.78 is 0. The average molecular weight is 766 g/mol. The summed E-state index contributed by atoms with van der Waals surface area (Å²) in [7, 11) is 0. The molecule has 1 nitrogen and oxygen atoms in total. The first kappa shape index (κ1) is 35.7. The molecule has 1 aliphatic rings. The third kappa shape index (κ3) is 5.62. The number of benzene rings is 10. The summed E-state index contributed by atoms with van der Waals surface area (Å²) in [6.45, 7) is 4.31. The molecular formula is C59H43N. The SMILES string of the molecule is Cc1cccc(N(c2ccc(-c3c4ccccc4c(-c4ccc(C5(c6ccccc6)c6ccccc6-c6ccccc65)cc4)c4ccccc34)cc2)c2cccc(C)c2)c1. The van der Waals surface area contributed by atoms with Gasteiger partial charge in [0.2, 0.25) is 0 Å². The molecule has 10 aromatic carbocycles. The van der Waals surface area contributed by atoms with Crippen LogP contribution in [0.2, 0.25) is 0 Å². The minimum Gasteiger partial charge on any atom is -0.310 e. The second kappa shape index (κ2) is 14.4. The summed E-state index contributed by atoms with van der Waals surface area (Å²) in [5.41, 5.74) is 18.2. The van der Waals surface area contributed by atoms with Crippen molar-refractivity contribution in [2.24, 2.45) is 0 Å². The van der Waals surface area contributed by atoms with Crippen LogP contribution < -0.4 is 4.90 Å². The first-order valence-corrected chi connectivity index (χ1v) is 20.9. The molecule has 0 radical (unpaired) electrons. The summed E-state index contributed by atoms with van der Waals surface area (Å²) in [5.74, 6) is 0. The molecule has 0 heterocycles. The number of hydrogen-bond donors (Lipinski definition) is 0. The van der Waals surface area contributed by atoms with Gasteiger partial charge < -0.3 is 4.90 Å². The minimum atomic E-state index is -0.429. The van der Waals surface area contributed by atoms with Crippen LogP contribution in [0.3, 0.4) is 0 Å². The lowest BCUT2D eigenvalue weighted by atomic mass is 9.67. The van der Waals surface area contributed by atoms with E-state index < -0.39 is 5.41 Å². The van der Waals surface area contributed by atoms with Crippen LogP contribution in [0.4, 0.5) is 17.1 Å². The summed E-state index contributed by atoms with van der Waals surface area (Å²) in [5, 5.41) is 4.99. The highest BCUT2D eigenvalue weighted by atomic mass is 15.1. The summed E-state index contributed by atoms with van der Waals surface area (Å²) >= 11 is 0. The molecular weight excluding hydrogens is 723 g/mol. The molecule has 0 amide bonds. The van der Waals surface area contributed by atoms with Gasteiger partial charge in [-0.05, 0) is 139 Å². The molecule has 11 rings (SSSR count). The number of hydrogen-bond acceptors (Lipinski definition) is 1. The zero-order valence-corrected chi connectivity index (χ0v) is 33.8. The molecule has 0 spiro atoms. The lowest BCUT2D eigenvalue weighted by Gasteiger charge is -2.34. The van der Waals surface area contributed by atoms with Gasteiger partial charge in [0.05, 0.1) is 5.41 Å². The van der Waals surface area contributed by atoms with E-state index in [1.807, 2.05) is 0 Å². The Labute approximate surface area is 352 Å². The third-order valence-electron chi connectivity index (χ3n) is 12.6. The molecule has 0 aliphatic heterocycles. The molecule has 60 heavy (non-hydrogen) atoms. The molecule has 0 saturated carbocycles. The predicted octanol–water partition coefficient (Wildman–Crippen LogP) is 15.8. The van der Waals surface area contributed by atoms with E-state index in [4.69, 9.17) is 0 Å². The summed E-state index contributed by atoms with van der Waals surface area (Å²) in [4.78, 5) is 2.36. The fourth-order valence-corrected chi connectivity index (χ4v) is 10.1. The van der Waals surface area contributed by atoms with Crippen LogP contribution in [-0.2, 0) is 5.41 Å². The van der Waals surface area contributed by atoms with Crippen molar-refractivity contribution in [2.45, 2.75) is 19.3 Å². The van der Waals surface area contributed by atoms with E-state index in [0.717, 1.165) is 17.1 Å². The quantitative estimate of drug-likeness (QED) is 0.146. The monoisotopic (exact) mass is 765 g/mol. The van der Waals surface area contributed by atoms with Crippen molar-refractivity contribution in [1.29, 1.82) is 0 Å². The first-order valence-electron chi connectivity index (χ1n) is 20.9. The zero-order chi connectivity index (χ0) is 40.2. The fraction of sp³-hybridized carbons (Fsp3) is 0.0508. The van der Waals surface area contributed by atoms with Gasteiger partial charge in [0, 0.05) is 17.1 Å². The van der Waals surface area contributed by atoms with Crippen molar-refractivity contribution in [3.63, 3.8) is 0 Å². The Morgan fingerprint density at radius 2 is 0.717 bits per heavy atom. The van der Waals surface area contributed by atoms with Gasteiger partial charge in [-0.15, -0.1) is 0 Å². The Morgan fingerprint density at radius 3 is 1.18 bits per heavy atom. The maximum Gasteiger partial charge on any atom is 0.0713 e. The van der Waals surface area contributed by atoms with Gasteiger partial charge in [0.1, 0.15) is 0 Å². The van der Waals surface area contributed by atoms with Gasteiger partial charge in [0.15, 0.2) is 0 Å². The van der Waals surface area contributed by atoms with Crippen LogP contribution in [0.15, 0.2) is 224 Å². The molecule has 0 aromatic heterocycles. The number of nitrogens with zero attached hydrogens (tertiary/aromatic N) is 1. The van der Waals surface area contributed by atoms with E-state index in [1.54, 1.807) is 0 Å². The lowest BCUT2D eigenvalue weighted by molar-refractivity contribution is 0.768. The van der Waals surface area contributed by atoms with E-state index >= 15 is 0 Å². The van der Waals surface area contributed by atoms with Crippen molar-refractivity contribution in [2.75, 3.05) is 4.90 Å². The molecule has 1 aliphatic carbocycles. The highest BCUT2D eigenvalue weighted by Crippen LogP contribution is 2.56. The van der Waals surface area contributed by atoms with Gasteiger partial charge in [0.25, 0.3) is 0 Å². The normalized spacial score (nSPS) is 12.6. The van der Waals surface area contributed by atoms with Gasteiger partial charge in [-0.1, -0.05) is 188 Å². The van der Waals surface area contributed by atoms with E-state index in [9.17, 15) is 0 Å². The molecule has 0 bridgehead atoms. The fourth-order valence-electron chi connectivity index (χ4n) is 10.1. The molecule has 10 aromatic rings. The van der Waals surface area contributed by atoms with Crippen LogP contribution in [0.1, 0.15) is 33.4 Å². The maximum atomic E-state index is 2.38. The Kier molecular flexibility index (Phi) is 8.57. The number of anilines is 3. The molecule has 0 fully saturated rings. The average Bonchev–Trinajstić information content (AvgIpc) is 3.60. The van der Waals surface area contributed by atoms with Crippen LogP contribution in [0.5, 0.6) is 0 Å². The Bertz CT molecular complexity index is 3060. The molecule has 284 valence electrons. The highest BCUT2D eigenvalue weighted by molar-refractivity contribution is 6.21. The Balaban J connectivity index is 1.06. The number of rotatable bonds is 7. The lowest BCUT2D eigenvalue weighted by Crippen LogP contribution is -2.28. The summed E-state index contributed by atoms with van der Waals surface area (Å²) in [6, 6.07) is 83.0. The van der Waals surface area contributed by atoms with Crippen molar-refractivity contribution >= 4 is 38.6 Å². The summed E-state index contributed by atoms with van der Waals surface area (Å²) in [6.07, 6.45) is 0. The maximum absolute atomic E-state index is 2.38. The highest BCUT2D eigenvalue weighted by Gasteiger charge is 2.45. The molecule has 0 saturated heterocycles. The Hall–Kier alpha value is -7.48. The second-order valence-corrected chi connectivity index (χ2v) is 16.2. The van der Waals surface area contributed by atoms with E-state index in [1.165, 1.54) is 88.3 Å². The van der Waals surface area contributed by atoms with Gasteiger partial charge >= 0.3 is 0 Å². The smallest absolute Gasteiger partial charge is 0.0713 e. The van der Waals surface area contributed by atoms with Gasteiger partial charge in [-0.2, -0.15) is 0 Å². The third-order valence-corrected chi connectivity index (χ3v) is 12.6. The van der Waals surface area contributed by atoms with Gasteiger partial charge in [-0.3, -0.25) is 0 Å². The molecule has 0 atom stereocenters. The van der Waals surface area contributed by atoms with E-state index in [0.29, 0.717) is 0 Å². The van der Waals surface area contributed by atoms with E-state index in [-0.39, 0.29) is 0 Å². The van der Waals surface area contributed by atoms with Crippen molar-refractivity contribution in [3.05, 3.63) is 258 Å².